The average molecular weight is 292 g/mol. The Morgan fingerprint density at radius 2 is 1.52 bits per heavy atom. The first kappa shape index (κ1) is 17.2. The van der Waals surface area contributed by atoms with Gasteiger partial charge in [0.2, 0.25) is 5.75 Å². The van der Waals surface area contributed by atoms with Crippen LogP contribution < -0.4 is 14.2 Å². The molecule has 1 atom stereocenters. The molecule has 1 aromatic carbocycles. The molecule has 1 N–H and O–H groups in total. The molecule has 0 aliphatic rings. The number of aliphatic hydroxyl groups excluding tert-OH is 1. The zero-order valence-electron chi connectivity index (χ0n) is 13.2. The van der Waals surface area contributed by atoms with Gasteiger partial charge in [0.15, 0.2) is 11.5 Å². The van der Waals surface area contributed by atoms with Gasteiger partial charge in [-0.3, -0.25) is 0 Å². The Hall–Kier alpha value is -1.86. The maximum atomic E-state index is 10.2. The van der Waals surface area contributed by atoms with Crippen LogP contribution in [0.25, 0.3) is 0 Å². The van der Waals surface area contributed by atoms with Crippen molar-refractivity contribution in [2.45, 2.75) is 40.2 Å². The lowest BCUT2D eigenvalue weighted by Gasteiger charge is -2.18. The van der Waals surface area contributed by atoms with Gasteiger partial charge in [0, 0.05) is 6.42 Å². The van der Waals surface area contributed by atoms with Gasteiger partial charge >= 0.3 is 0 Å². The van der Waals surface area contributed by atoms with E-state index in [4.69, 9.17) is 14.2 Å². The van der Waals surface area contributed by atoms with Crippen molar-refractivity contribution < 1.29 is 19.3 Å². The SMILES string of the molecule is CC#CCC(O)c1cc(OCC)c(OCC)c(OCC)c1. The molecule has 0 heterocycles. The van der Waals surface area contributed by atoms with Crippen molar-refractivity contribution in [2.24, 2.45) is 0 Å². The number of ether oxygens (including phenoxy) is 3. The summed E-state index contributed by atoms with van der Waals surface area (Å²) in [6.07, 6.45) is -0.298. The van der Waals surface area contributed by atoms with E-state index < -0.39 is 6.10 Å². The molecule has 0 aliphatic heterocycles. The fourth-order valence-corrected chi connectivity index (χ4v) is 1.92. The molecule has 116 valence electrons. The smallest absolute Gasteiger partial charge is 0.203 e. The number of hydrogen-bond acceptors (Lipinski definition) is 4. The van der Waals surface area contributed by atoms with Crippen LogP contribution in [0.1, 0.15) is 45.8 Å². The summed E-state index contributed by atoms with van der Waals surface area (Å²) in [5, 5.41) is 10.2. The van der Waals surface area contributed by atoms with Crippen molar-refractivity contribution in [2.75, 3.05) is 19.8 Å². The minimum Gasteiger partial charge on any atom is -0.490 e. The van der Waals surface area contributed by atoms with Crippen molar-refractivity contribution in [3.8, 4) is 29.1 Å². The Morgan fingerprint density at radius 3 is 1.95 bits per heavy atom. The number of rotatable bonds is 8. The summed E-state index contributed by atoms with van der Waals surface area (Å²) in [6.45, 7) is 9.01. The van der Waals surface area contributed by atoms with Crippen molar-refractivity contribution in [3.63, 3.8) is 0 Å². The van der Waals surface area contributed by atoms with Crippen LogP contribution >= 0.6 is 0 Å². The van der Waals surface area contributed by atoms with Crippen LogP contribution in [0.4, 0.5) is 0 Å². The van der Waals surface area contributed by atoms with E-state index in [2.05, 4.69) is 11.8 Å². The number of benzene rings is 1. The van der Waals surface area contributed by atoms with E-state index in [1.807, 2.05) is 20.8 Å². The summed E-state index contributed by atoms with van der Waals surface area (Å²) in [5.74, 6) is 7.41. The lowest BCUT2D eigenvalue weighted by atomic mass is 10.1. The highest BCUT2D eigenvalue weighted by Crippen LogP contribution is 2.40. The maximum Gasteiger partial charge on any atom is 0.203 e. The van der Waals surface area contributed by atoms with Gasteiger partial charge in [-0.25, -0.2) is 0 Å². The molecule has 21 heavy (non-hydrogen) atoms. The minimum atomic E-state index is -0.675. The molecule has 0 saturated carbocycles. The van der Waals surface area contributed by atoms with E-state index in [1.165, 1.54) is 0 Å². The first-order chi connectivity index (χ1) is 10.2. The predicted molar refractivity (Wildman–Crippen MR) is 83.0 cm³/mol. The van der Waals surface area contributed by atoms with E-state index in [0.29, 0.717) is 49.1 Å². The van der Waals surface area contributed by atoms with E-state index >= 15 is 0 Å². The molecule has 0 aromatic heterocycles. The molecule has 4 nitrogen and oxygen atoms in total. The summed E-state index contributed by atoms with van der Waals surface area (Å²) >= 11 is 0. The molecule has 1 rings (SSSR count). The third-order valence-electron chi connectivity index (χ3n) is 2.79. The van der Waals surface area contributed by atoms with Gasteiger partial charge in [-0.2, -0.15) is 0 Å². The molecule has 0 radical (unpaired) electrons. The lowest BCUT2D eigenvalue weighted by molar-refractivity contribution is 0.181. The molecule has 0 amide bonds. The van der Waals surface area contributed by atoms with Crippen LogP contribution in [0.3, 0.4) is 0 Å². The zero-order valence-corrected chi connectivity index (χ0v) is 13.2. The van der Waals surface area contributed by atoms with Crippen molar-refractivity contribution in [1.29, 1.82) is 0 Å². The van der Waals surface area contributed by atoms with Crippen LogP contribution in [-0.2, 0) is 0 Å². The van der Waals surface area contributed by atoms with Crippen molar-refractivity contribution >= 4 is 0 Å². The van der Waals surface area contributed by atoms with Crippen LogP contribution in [-0.4, -0.2) is 24.9 Å². The molecule has 0 aliphatic carbocycles. The molecule has 1 aromatic rings. The fourth-order valence-electron chi connectivity index (χ4n) is 1.92. The Kier molecular flexibility index (Phi) is 7.49. The molecule has 1 unspecified atom stereocenters. The third kappa shape index (κ3) is 4.87. The van der Waals surface area contributed by atoms with Crippen LogP contribution in [0.15, 0.2) is 12.1 Å². The van der Waals surface area contributed by atoms with E-state index in [0.717, 1.165) is 0 Å². The minimum absolute atomic E-state index is 0.377. The highest BCUT2D eigenvalue weighted by molar-refractivity contribution is 5.54. The van der Waals surface area contributed by atoms with Gasteiger partial charge in [-0.15, -0.1) is 11.8 Å². The summed E-state index contributed by atoms with van der Waals surface area (Å²) in [4.78, 5) is 0. The molecule has 0 bridgehead atoms. The summed E-state index contributed by atoms with van der Waals surface area (Å²) in [6, 6.07) is 3.58. The molecule has 4 heteroatoms. The third-order valence-corrected chi connectivity index (χ3v) is 2.79. The highest BCUT2D eigenvalue weighted by Gasteiger charge is 2.18. The summed E-state index contributed by atoms with van der Waals surface area (Å²) < 4.78 is 16.9. The molecule has 0 fully saturated rings. The van der Waals surface area contributed by atoms with Crippen LogP contribution in [0.5, 0.6) is 17.2 Å². The quantitative estimate of drug-likeness (QED) is 0.747. The Labute approximate surface area is 127 Å². The Bertz CT molecular complexity index is 472. The monoisotopic (exact) mass is 292 g/mol. The second kappa shape index (κ2) is 9.15. The highest BCUT2D eigenvalue weighted by atomic mass is 16.5. The standard InChI is InChI=1S/C17H24O4/c1-5-9-10-14(18)13-11-15(19-6-2)17(21-8-4)16(12-13)20-7-3/h11-12,14,18H,6-8,10H2,1-4H3. The number of aliphatic hydroxyl groups is 1. The molecular formula is C17H24O4. The molecular weight excluding hydrogens is 268 g/mol. The topological polar surface area (TPSA) is 47.9 Å². The van der Waals surface area contributed by atoms with Crippen LogP contribution in [0.2, 0.25) is 0 Å². The Balaban J connectivity index is 3.22. The maximum absolute atomic E-state index is 10.2. The second-order valence-electron chi connectivity index (χ2n) is 4.29. The molecule has 0 saturated heterocycles. The van der Waals surface area contributed by atoms with E-state index in [-0.39, 0.29) is 0 Å². The lowest BCUT2D eigenvalue weighted by Crippen LogP contribution is -2.05. The van der Waals surface area contributed by atoms with Gasteiger partial charge in [0.05, 0.1) is 25.9 Å². The first-order valence-electron chi connectivity index (χ1n) is 7.31. The van der Waals surface area contributed by atoms with Gasteiger partial charge in [0.25, 0.3) is 0 Å². The second-order valence-corrected chi connectivity index (χ2v) is 4.29. The largest absolute Gasteiger partial charge is 0.490 e. The normalized spacial score (nSPS) is 11.3. The fraction of sp³-hybridized carbons (Fsp3) is 0.529. The van der Waals surface area contributed by atoms with Crippen LogP contribution in [0, 0.1) is 11.8 Å². The first-order valence-corrected chi connectivity index (χ1v) is 7.31. The summed E-state index contributed by atoms with van der Waals surface area (Å²) in [7, 11) is 0. The van der Waals surface area contributed by atoms with E-state index in [1.54, 1.807) is 19.1 Å². The van der Waals surface area contributed by atoms with Gasteiger partial charge < -0.3 is 19.3 Å². The van der Waals surface area contributed by atoms with Crippen molar-refractivity contribution in [1.82, 2.24) is 0 Å². The summed E-state index contributed by atoms with van der Waals surface area (Å²) in [5.41, 5.74) is 0.716. The zero-order chi connectivity index (χ0) is 15.7. The molecule has 0 spiro atoms. The van der Waals surface area contributed by atoms with E-state index in [9.17, 15) is 5.11 Å². The predicted octanol–water partition coefficient (Wildman–Crippen LogP) is 3.33. The van der Waals surface area contributed by atoms with Gasteiger partial charge in [0.1, 0.15) is 0 Å². The number of hydrogen-bond donors (Lipinski definition) is 1. The van der Waals surface area contributed by atoms with Crippen molar-refractivity contribution in [3.05, 3.63) is 17.7 Å². The van der Waals surface area contributed by atoms with Gasteiger partial charge in [-0.1, -0.05) is 0 Å². The Morgan fingerprint density at radius 1 is 1.00 bits per heavy atom. The van der Waals surface area contributed by atoms with Gasteiger partial charge in [-0.05, 0) is 45.4 Å². The average Bonchev–Trinajstić information content (AvgIpc) is 2.48.